The van der Waals surface area contributed by atoms with Crippen molar-refractivity contribution in [1.29, 1.82) is 0 Å². The third-order valence-corrected chi connectivity index (χ3v) is 4.62. The first-order valence-electron chi connectivity index (χ1n) is 9.30. The van der Waals surface area contributed by atoms with Crippen molar-refractivity contribution in [2.24, 2.45) is 0 Å². The lowest BCUT2D eigenvalue weighted by Crippen LogP contribution is -2.17. The zero-order valence-corrected chi connectivity index (χ0v) is 17.4. The van der Waals surface area contributed by atoms with Gasteiger partial charge in [-0.3, -0.25) is 4.79 Å². The predicted molar refractivity (Wildman–Crippen MR) is 104 cm³/mol. The molecule has 1 aromatic heterocycles. The van der Waals surface area contributed by atoms with E-state index in [0.717, 1.165) is 0 Å². The number of halogens is 6. The summed E-state index contributed by atoms with van der Waals surface area (Å²) in [5.74, 6) is -1.70. The topological polar surface area (TPSA) is 60.3 Å². The molecule has 0 atom stereocenters. The van der Waals surface area contributed by atoms with Gasteiger partial charge in [-0.1, -0.05) is 6.08 Å². The maximum atomic E-state index is 13.1. The third-order valence-electron chi connectivity index (χ3n) is 4.62. The molecule has 5 nitrogen and oxygen atoms in total. The largest absolute Gasteiger partial charge is 0.461 e. The molecule has 11 heteroatoms. The van der Waals surface area contributed by atoms with Gasteiger partial charge in [-0.15, -0.1) is 6.58 Å². The minimum Gasteiger partial charge on any atom is -0.461 e. The Morgan fingerprint density at radius 3 is 2.03 bits per heavy atom. The summed E-state index contributed by atoms with van der Waals surface area (Å²) in [7, 11) is 0. The van der Waals surface area contributed by atoms with Crippen LogP contribution in [0.1, 0.15) is 50.2 Å². The molecule has 0 unspecified atom stereocenters. The fraction of sp³-hybridized carbons (Fsp3) is 0.333. The second-order valence-corrected chi connectivity index (χ2v) is 6.80. The van der Waals surface area contributed by atoms with Gasteiger partial charge in [-0.2, -0.15) is 26.3 Å². The van der Waals surface area contributed by atoms with Crippen molar-refractivity contribution < 1.29 is 40.7 Å². The molecule has 0 radical (unpaired) electrons. The molecule has 2 aromatic rings. The SMILES string of the molecule is C=CCn1c(C)c(C(=O)Nc2cc(C(F)(F)F)cc(C(F)(F)F)c2)c(C)c1C(=O)OCC. The number of aromatic nitrogens is 1. The smallest absolute Gasteiger partial charge is 0.416 e. The number of nitrogens with one attached hydrogen (secondary N) is 1. The maximum absolute atomic E-state index is 13.1. The monoisotopic (exact) mass is 462 g/mol. The third kappa shape index (κ3) is 5.14. The number of allylic oxidation sites excluding steroid dienone is 1. The molecule has 0 bridgehead atoms. The van der Waals surface area contributed by atoms with Crippen LogP contribution in [0.25, 0.3) is 0 Å². The molecule has 0 fully saturated rings. The van der Waals surface area contributed by atoms with E-state index in [-0.39, 0.29) is 41.7 Å². The van der Waals surface area contributed by atoms with E-state index in [0.29, 0.717) is 12.1 Å². The highest BCUT2D eigenvalue weighted by Gasteiger charge is 2.37. The van der Waals surface area contributed by atoms with Crippen LogP contribution in [-0.4, -0.2) is 23.1 Å². The molecule has 0 aliphatic heterocycles. The van der Waals surface area contributed by atoms with E-state index in [1.807, 2.05) is 0 Å². The Morgan fingerprint density at radius 2 is 1.59 bits per heavy atom. The lowest BCUT2D eigenvalue weighted by molar-refractivity contribution is -0.143. The van der Waals surface area contributed by atoms with Gasteiger partial charge in [-0.25, -0.2) is 4.79 Å². The average Bonchev–Trinajstić information content (AvgIpc) is 2.90. The second kappa shape index (κ2) is 9.09. The highest BCUT2D eigenvalue weighted by atomic mass is 19.4. The number of carbonyl (C=O) groups is 2. The molecule has 0 saturated carbocycles. The Hall–Kier alpha value is -3.24. The fourth-order valence-electron chi connectivity index (χ4n) is 3.27. The summed E-state index contributed by atoms with van der Waals surface area (Å²) in [6.45, 7) is 8.26. The fourth-order valence-corrected chi connectivity index (χ4v) is 3.27. The van der Waals surface area contributed by atoms with E-state index in [2.05, 4.69) is 11.9 Å². The molecule has 32 heavy (non-hydrogen) atoms. The number of hydrogen-bond donors (Lipinski definition) is 1. The number of anilines is 1. The van der Waals surface area contributed by atoms with Crippen LogP contribution in [0.5, 0.6) is 0 Å². The van der Waals surface area contributed by atoms with Gasteiger partial charge < -0.3 is 14.6 Å². The molecule has 1 N–H and O–H groups in total. The van der Waals surface area contributed by atoms with E-state index in [4.69, 9.17) is 4.74 Å². The van der Waals surface area contributed by atoms with Gasteiger partial charge in [0.25, 0.3) is 5.91 Å². The number of ether oxygens (including phenoxy) is 1. The molecule has 0 aliphatic carbocycles. The van der Waals surface area contributed by atoms with Crippen LogP contribution in [0, 0.1) is 13.8 Å². The van der Waals surface area contributed by atoms with Crippen LogP contribution in [0.4, 0.5) is 32.0 Å². The summed E-state index contributed by atoms with van der Waals surface area (Å²) in [4.78, 5) is 25.2. The van der Waals surface area contributed by atoms with Crippen molar-refractivity contribution in [3.8, 4) is 0 Å². The highest BCUT2D eigenvalue weighted by molar-refractivity contribution is 6.08. The highest BCUT2D eigenvalue weighted by Crippen LogP contribution is 2.37. The Kier molecular flexibility index (Phi) is 7.11. The second-order valence-electron chi connectivity index (χ2n) is 6.80. The molecular weight excluding hydrogens is 442 g/mol. The molecule has 2 rings (SSSR count). The first-order valence-corrected chi connectivity index (χ1v) is 9.30. The molecule has 174 valence electrons. The zero-order chi connectivity index (χ0) is 24.4. The van der Waals surface area contributed by atoms with Crippen molar-refractivity contribution in [1.82, 2.24) is 4.57 Å². The van der Waals surface area contributed by atoms with Gasteiger partial charge in [0.1, 0.15) is 5.69 Å². The van der Waals surface area contributed by atoms with E-state index in [9.17, 15) is 35.9 Å². The van der Waals surface area contributed by atoms with Crippen molar-refractivity contribution in [2.45, 2.75) is 39.7 Å². The van der Waals surface area contributed by atoms with Crippen LogP contribution >= 0.6 is 0 Å². The van der Waals surface area contributed by atoms with E-state index >= 15 is 0 Å². The summed E-state index contributed by atoms with van der Waals surface area (Å²) in [5, 5.41) is 2.09. The van der Waals surface area contributed by atoms with E-state index in [1.54, 1.807) is 6.92 Å². The summed E-state index contributed by atoms with van der Waals surface area (Å²) in [5.41, 5.74) is -3.41. The summed E-state index contributed by atoms with van der Waals surface area (Å²) >= 11 is 0. The minimum atomic E-state index is -5.06. The number of esters is 1. The Balaban J connectivity index is 2.57. The van der Waals surface area contributed by atoms with Gasteiger partial charge in [0.15, 0.2) is 0 Å². The Bertz CT molecular complexity index is 1020. The summed E-state index contributed by atoms with van der Waals surface area (Å²) < 4.78 is 84.9. The van der Waals surface area contributed by atoms with Gasteiger partial charge in [-0.05, 0) is 44.5 Å². The normalized spacial score (nSPS) is 11.9. The quantitative estimate of drug-likeness (QED) is 0.338. The van der Waals surface area contributed by atoms with Crippen LogP contribution in [-0.2, 0) is 23.6 Å². The molecule has 0 aliphatic rings. The number of alkyl halides is 6. The van der Waals surface area contributed by atoms with E-state index in [1.165, 1.54) is 24.5 Å². The molecule has 1 heterocycles. The lowest BCUT2D eigenvalue weighted by atomic mass is 10.1. The molecule has 1 amide bonds. The van der Waals surface area contributed by atoms with Gasteiger partial charge in [0.05, 0.1) is 23.3 Å². The molecule has 0 spiro atoms. The van der Waals surface area contributed by atoms with E-state index < -0.39 is 41.0 Å². The van der Waals surface area contributed by atoms with Crippen LogP contribution in [0.15, 0.2) is 30.9 Å². The number of nitrogens with zero attached hydrogens (tertiary/aromatic N) is 1. The van der Waals surface area contributed by atoms with Gasteiger partial charge in [0, 0.05) is 17.9 Å². The Morgan fingerprint density at radius 1 is 1.06 bits per heavy atom. The van der Waals surface area contributed by atoms with Crippen molar-refractivity contribution >= 4 is 17.6 Å². The maximum Gasteiger partial charge on any atom is 0.416 e. The average molecular weight is 462 g/mol. The zero-order valence-electron chi connectivity index (χ0n) is 17.4. The van der Waals surface area contributed by atoms with Crippen LogP contribution in [0.2, 0.25) is 0 Å². The first-order chi connectivity index (χ1) is 14.7. The standard InChI is InChI=1S/C21H20F6N2O3/c1-5-7-29-12(4)16(11(3)17(29)19(31)32-6-2)18(30)28-15-9-13(20(22,23)24)8-14(10-15)21(25,26)27/h5,8-10H,1,6-7H2,2-4H3,(H,28,30). The van der Waals surface area contributed by atoms with Crippen LogP contribution in [0.3, 0.4) is 0 Å². The van der Waals surface area contributed by atoms with Crippen LogP contribution < -0.4 is 5.32 Å². The summed E-state index contributed by atoms with van der Waals surface area (Å²) in [6, 6.07) is 0.779. The number of carbonyl (C=O) groups excluding carboxylic acids is 2. The molecular formula is C21H20F6N2O3. The summed E-state index contributed by atoms with van der Waals surface area (Å²) in [6.07, 6.45) is -8.66. The van der Waals surface area contributed by atoms with Crippen molar-refractivity contribution in [3.63, 3.8) is 0 Å². The number of amides is 1. The molecule has 1 aromatic carbocycles. The number of hydrogen-bond acceptors (Lipinski definition) is 3. The molecule has 0 saturated heterocycles. The number of benzene rings is 1. The number of rotatable bonds is 6. The Labute approximate surface area is 179 Å². The van der Waals surface area contributed by atoms with Gasteiger partial charge in [0.2, 0.25) is 0 Å². The van der Waals surface area contributed by atoms with Crippen molar-refractivity contribution in [3.05, 3.63) is 64.5 Å². The first kappa shape index (κ1) is 25.0. The van der Waals surface area contributed by atoms with Crippen molar-refractivity contribution in [2.75, 3.05) is 11.9 Å². The minimum absolute atomic E-state index is 0.0361. The predicted octanol–water partition coefficient (Wildman–Crippen LogP) is 5.76. The van der Waals surface area contributed by atoms with Gasteiger partial charge >= 0.3 is 18.3 Å². The lowest BCUT2D eigenvalue weighted by Gasteiger charge is -2.15.